The van der Waals surface area contributed by atoms with Crippen LogP contribution >= 0.6 is 0 Å². The van der Waals surface area contributed by atoms with E-state index >= 15 is 0 Å². The van der Waals surface area contributed by atoms with Gasteiger partial charge in [0.2, 0.25) is 5.91 Å². The molecule has 5 heteroatoms. The van der Waals surface area contributed by atoms with Crippen molar-refractivity contribution in [2.24, 2.45) is 23.7 Å². The third-order valence-electron chi connectivity index (χ3n) is 6.13. The maximum atomic E-state index is 12.8. The highest BCUT2D eigenvalue weighted by atomic mass is 16.4. The van der Waals surface area contributed by atoms with Gasteiger partial charge in [0.15, 0.2) is 0 Å². The lowest BCUT2D eigenvalue weighted by molar-refractivity contribution is -0.143. The van der Waals surface area contributed by atoms with Gasteiger partial charge in [-0.1, -0.05) is 26.3 Å². The minimum atomic E-state index is -1.06. The second kappa shape index (κ2) is 5.77. The van der Waals surface area contributed by atoms with E-state index in [1.54, 1.807) is 0 Å². The van der Waals surface area contributed by atoms with Crippen LogP contribution in [0.15, 0.2) is 11.6 Å². The molecule has 1 amide bonds. The van der Waals surface area contributed by atoms with Crippen LogP contribution in [-0.2, 0) is 9.59 Å². The molecule has 5 nitrogen and oxygen atoms in total. The van der Waals surface area contributed by atoms with E-state index in [1.807, 2.05) is 13.0 Å². The molecule has 0 aromatic rings. The molecule has 0 bridgehead atoms. The molecule has 3 aliphatic rings. The lowest BCUT2D eigenvalue weighted by Gasteiger charge is -2.31. The van der Waals surface area contributed by atoms with Crippen LogP contribution in [0.25, 0.3) is 0 Å². The van der Waals surface area contributed by atoms with Crippen LogP contribution in [0.4, 0.5) is 0 Å². The van der Waals surface area contributed by atoms with E-state index in [0.717, 1.165) is 43.4 Å². The fraction of sp³-hybridized carbons (Fsp3) is 0.722. The van der Waals surface area contributed by atoms with Crippen molar-refractivity contribution in [1.82, 2.24) is 5.32 Å². The Labute approximate surface area is 137 Å². The van der Waals surface area contributed by atoms with Gasteiger partial charge in [-0.15, -0.1) is 0 Å². The van der Waals surface area contributed by atoms with Gasteiger partial charge >= 0.3 is 5.97 Å². The summed E-state index contributed by atoms with van der Waals surface area (Å²) in [5.74, 6) is -0.504. The fourth-order valence-electron chi connectivity index (χ4n) is 4.49. The summed E-state index contributed by atoms with van der Waals surface area (Å²) >= 11 is 0. The number of rotatable bonds is 5. The van der Waals surface area contributed by atoms with Crippen molar-refractivity contribution in [3.05, 3.63) is 11.6 Å². The van der Waals surface area contributed by atoms with Crippen LogP contribution < -0.4 is 5.32 Å². The van der Waals surface area contributed by atoms with Crippen molar-refractivity contribution >= 4 is 17.6 Å². The fourth-order valence-corrected chi connectivity index (χ4v) is 4.49. The summed E-state index contributed by atoms with van der Waals surface area (Å²) in [6.07, 6.45) is 6.86. The number of allylic oxidation sites excluding steroid dienone is 1. The molecule has 0 aromatic carbocycles. The Kier molecular flexibility index (Phi) is 4.07. The molecule has 0 saturated heterocycles. The maximum Gasteiger partial charge on any atom is 0.329 e. The zero-order valence-electron chi connectivity index (χ0n) is 13.9. The zero-order valence-corrected chi connectivity index (χ0v) is 13.9. The van der Waals surface area contributed by atoms with Gasteiger partial charge in [0.05, 0.1) is 0 Å². The molecule has 3 rings (SSSR count). The highest BCUT2D eigenvalue weighted by Crippen LogP contribution is 2.48. The van der Waals surface area contributed by atoms with Crippen molar-refractivity contribution < 1.29 is 14.7 Å². The predicted molar refractivity (Wildman–Crippen MR) is 87.3 cm³/mol. The monoisotopic (exact) mass is 318 g/mol. The zero-order chi connectivity index (χ0) is 16.8. The van der Waals surface area contributed by atoms with Crippen LogP contribution in [0.5, 0.6) is 0 Å². The first-order valence-corrected chi connectivity index (χ1v) is 8.77. The van der Waals surface area contributed by atoms with Crippen molar-refractivity contribution in [1.29, 1.82) is 5.41 Å². The summed E-state index contributed by atoms with van der Waals surface area (Å²) in [4.78, 5) is 24.4. The molecule has 0 aromatic heterocycles. The van der Waals surface area contributed by atoms with E-state index in [9.17, 15) is 14.7 Å². The topological polar surface area (TPSA) is 90.2 Å². The number of carbonyl (C=O) groups excluding carboxylic acids is 1. The van der Waals surface area contributed by atoms with Crippen molar-refractivity contribution in [2.45, 2.75) is 57.9 Å². The normalized spacial score (nSPS) is 38.7. The SMILES string of the molecule is CCC1C=C(C(=O)NC2(C(=O)O)CC2CC)C2CCC(=N)C2C1. The summed E-state index contributed by atoms with van der Waals surface area (Å²) in [5, 5.41) is 20.5. The molecule has 2 saturated carbocycles. The first-order valence-electron chi connectivity index (χ1n) is 8.77. The predicted octanol–water partition coefficient (Wildman–Crippen LogP) is 2.76. The smallest absolute Gasteiger partial charge is 0.329 e. The first kappa shape index (κ1) is 16.2. The van der Waals surface area contributed by atoms with Crippen LogP contribution in [0.2, 0.25) is 0 Å². The Morgan fingerprint density at radius 2 is 2.09 bits per heavy atom. The van der Waals surface area contributed by atoms with Gasteiger partial charge in [-0.25, -0.2) is 4.79 Å². The lowest BCUT2D eigenvalue weighted by atomic mass is 9.74. The molecule has 5 atom stereocenters. The van der Waals surface area contributed by atoms with Crippen molar-refractivity contribution in [3.8, 4) is 0 Å². The van der Waals surface area contributed by atoms with Gasteiger partial charge in [0, 0.05) is 17.2 Å². The Bertz CT molecular complexity index is 583. The molecule has 0 spiro atoms. The lowest BCUT2D eigenvalue weighted by Crippen LogP contribution is -2.47. The Balaban J connectivity index is 1.82. The minimum absolute atomic E-state index is 0.0350. The van der Waals surface area contributed by atoms with E-state index in [-0.39, 0.29) is 23.7 Å². The molecule has 3 N–H and O–H groups in total. The molecule has 5 unspecified atom stereocenters. The number of carbonyl (C=O) groups is 2. The summed E-state index contributed by atoms with van der Waals surface area (Å²) in [7, 11) is 0. The van der Waals surface area contributed by atoms with Gasteiger partial charge in [-0.2, -0.15) is 0 Å². The molecular formula is C18H26N2O3. The second-order valence-corrected chi connectivity index (χ2v) is 7.34. The van der Waals surface area contributed by atoms with Crippen LogP contribution in [-0.4, -0.2) is 28.2 Å². The number of hydrogen-bond acceptors (Lipinski definition) is 3. The van der Waals surface area contributed by atoms with Crippen LogP contribution in [0.1, 0.15) is 52.4 Å². The molecule has 2 fully saturated rings. The number of hydrogen-bond donors (Lipinski definition) is 3. The first-order chi connectivity index (χ1) is 10.9. The van der Waals surface area contributed by atoms with E-state index in [0.29, 0.717) is 12.3 Å². The highest BCUT2D eigenvalue weighted by molar-refractivity contribution is 6.01. The van der Waals surface area contributed by atoms with Crippen LogP contribution in [0, 0.1) is 29.1 Å². The van der Waals surface area contributed by atoms with E-state index in [2.05, 4.69) is 12.2 Å². The molecule has 0 aliphatic heterocycles. The van der Waals surface area contributed by atoms with Gasteiger partial charge in [-0.05, 0) is 49.9 Å². The molecule has 3 aliphatic carbocycles. The van der Waals surface area contributed by atoms with Gasteiger partial charge in [0.25, 0.3) is 0 Å². The number of nitrogens with one attached hydrogen (secondary N) is 2. The van der Waals surface area contributed by atoms with Crippen molar-refractivity contribution in [2.75, 3.05) is 0 Å². The van der Waals surface area contributed by atoms with E-state index in [4.69, 9.17) is 5.41 Å². The molecule has 23 heavy (non-hydrogen) atoms. The summed E-state index contributed by atoms with van der Waals surface area (Å²) < 4.78 is 0. The Morgan fingerprint density at radius 1 is 1.35 bits per heavy atom. The molecule has 0 radical (unpaired) electrons. The average molecular weight is 318 g/mol. The van der Waals surface area contributed by atoms with Gasteiger partial charge in [-0.3, -0.25) is 4.79 Å². The number of fused-ring (bicyclic) bond motifs is 1. The Morgan fingerprint density at radius 3 is 2.65 bits per heavy atom. The number of carboxylic acids is 1. The summed E-state index contributed by atoms with van der Waals surface area (Å²) in [5.41, 5.74) is 0.434. The highest BCUT2D eigenvalue weighted by Gasteiger charge is 2.61. The van der Waals surface area contributed by atoms with E-state index in [1.165, 1.54) is 0 Å². The molecular weight excluding hydrogens is 292 g/mol. The number of amides is 1. The number of aliphatic carboxylic acids is 1. The van der Waals surface area contributed by atoms with Crippen LogP contribution in [0.3, 0.4) is 0 Å². The second-order valence-electron chi connectivity index (χ2n) is 7.34. The minimum Gasteiger partial charge on any atom is -0.479 e. The van der Waals surface area contributed by atoms with E-state index < -0.39 is 11.5 Å². The number of carboxylic acid groups (broad SMARTS) is 1. The van der Waals surface area contributed by atoms with Gasteiger partial charge < -0.3 is 15.8 Å². The maximum absolute atomic E-state index is 12.8. The third kappa shape index (κ3) is 2.60. The summed E-state index contributed by atoms with van der Waals surface area (Å²) in [6.45, 7) is 4.06. The largest absolute Gasteiger partial charge is 0.479 e. The average Bonchev–Trinajstić information content (AvgIpc) is 3.14. The standard InChI is InChI=1S/C18H26N2O3/c1-3-10-7-13-12(5-6-15(13)19)14(8-10)16(21)20-18(17(22)23)9-11(18)4-2/h8,10-13,19H,3-7,9H2,1-2H3,(H,20,21)(H,22,23). The molecule has 0 heterocycles. The quantitative estimate of drug-likeness (QED) is 0.728. The van der Waals surface area contributed by atoms with Crippen molar-refractivity contribution in [3.63, 3.8) is 0 Å². The third-order valence-corrected chi connectivity index (χ3v) is 6.13. The summed E-state index contributed by atoms with van der Waals surface area (Å²) in [6, 6.07) is 0. The molecule has 126 valence electrons. The Hall–Kier alpha value is -1.65. The van der Waals surface area contributed by atoms with Gasteiger partial charge in [0.1, 0.15) is 5.54 Å².